The van der Waals surface area contributed by atoms with Crippen LogP contribution in [0.1, 0.15) is 31.0 Å². The number of piperidine rings is 1. The van der Waals surface area contributed by atoms with E-state index in [9.17, 15) is 0 Å². The van der Waals surface area contributed by atoms with Gasteiger partial charge in [-0.3, -0.25) is 9.98 Å². The third-order valence-electron chi connectivity index (χ3n) is 5.17. The lowest BCUT2D eigenvalue weighted by molar-refractivity contribution is 0.438. The van der Waals surface area contributed by atoms with Gasteiger partial charge in [0, 0.05) is 57.2 Å². The maximum Gasteiger partial charge on any atom is 0.191 e. The summed E-state index contributed by atoms with van der Waals surface area (Å²) in [5, 5.41) is 6.73. The van der Waals surface area contributed by atoms with Gasteiger partial charge in [0.15, 0.2) is 5.96 Å². The molecule has 3 rings (SSSR count). The van der Waals surface area contributed by atoms with Crippen LogP contribution in [0.4, 0.5) is 5.69 Å². The van der Waals surface area contributed by atoms with Crippen molar-refractivity contribution in [3.63, 3.8) is 0 Å². The molecule has 2 N–H and O–H groups in total. The van der Waals surface area contributed by atoms with Crippen molar-refractivity contribution >= 4 is 11.6 Å². The molecule has 1 aromatic heterocycles. The first-order chi connectivity index (χ1) is 13.2. The predicted octanol–water partition coefficient (Wildman–Crippen LogP) is 3.23. The number of anilines is 1. The van der Waals surface area contributed by atoms with Crippen LogP contribution in [-0.2, 0) is 13.0 Å². The van der Waals surface area contributed by atoms with Gasteiger partial charge in [-0.25, -0.2) is 0 Å². The molecule has 5 nitrogen and oxygen atoms in total. The molecule has 0 radical (unpaired) electrons. The number of guanidine groups is 1. The SMILES string of the molecule is CN=C(NCCc1ccccn1)NCc1ccc(N2CCC(C)CC2)cc1. The van der Waals surface area contributed by atoms with Gasteiger partial charge in [-0.05, 0) is 48.6 Å². The molecule has 0 aliphatic carbocycles. The fraction of sp³-hybridized carbons (Fsp3) is 0.455. The molecule has 1 saturated heterocycles. The Morgan fingerprint density at radius 2 is 1.89 bits per heavy atom. The van der Waals surface area contributed by atoms with Crippen molar-refractivity contribution < 1.29 is 0 Å². The van der Waals surface area contributed by atoms with Gasteiger partial charge in [-0.1, -0.05) is 25.1 Å². The summed E-state index contributed by atoms with van der Waals surface area (Å²) in [6, 6.07) is 14.9. The summed E-state index contributed by atoms with van der Waals surface area (Å²) in [4.78, 5) is 11.1. The van der Waals surface area contributed by atoms with Gasteiger partial charge in [-0.2, -0.15) is 0 Å². The van der Waals surface area contributed by atoms with Gasteiger partial charge in [0.2, 0.25) is 0 Å². The van der Waals surface area contributed by atoms with Crippen molar-refractivity contribution in [2.24, 2.45) is 10.9 Å². The molecule has 0 saturated carbocycles. The molecular weight excluding hydrogens is 334 g/mol. The lowest BCUT2D eigenvalue weighted by atomic mass is 9.99. The van der Waals surface area contributed by atoms with Gasteiger partial charge in [0.25, 0.3) is 0 Å². The molecule has 2 heterocycles. The first-order valence-corrected chi connectivity index (χ1v) is 9.93. The molecule has 2 aromatic rings. The van der Waals surface area contributed by atoms with E-state index in [0.29, 0.717) is 0 Å². The molecule has 0 unspecified atom stereocenters. The molecule has 1 fully saturated rings. The van der Waals surface area contributed by atoms with E-state index in [-0.39, 0.29) is 0 Å². The van der Waals surface area contributed by atoms with Gasteiger partial charge in [-0.15, -0.1) is 0 Å². The molecule has 0 bridgehead atoms. The minimum Gasteiger partial charge on any atom is -0.372 e. The third-order valence-corrected chi connectivity index (χ3v) is 5.17. The molecule has 27 heavy (non-hydrogen) atoms. The lowest BCUT2D eigenvalue weighted by Crippen LogP contribution is -2.38. The van der Waals surface area contributed by atoms with Crippen LogP contribution in [0.25, 0.3) is 0 Å². The summed E-state index contributed by atoms with van der Waals surface area (Å²) < 4.78 is 0. The van der Waals surface area contributed by atoms with E-state index in [2.05, 4.69) is 56.7 Å². The standard InChI is InChI=1S/C22H31N5/c1-18-11-15-27(16-12-18)21-8-6-19(7-9-21)17-26-22(23-2)25-14-10-20-5-3-4-13-24-20/h3-9,13,18H,10-12,14-17H2,1-2H3,(H2,23,25,26). The normalized spacial score (nSPS) is 15.6. The van der Waals surface area contributed by atoms with E-state index >= 15 is 0 Å². The Morgan fingerprint density at radius 1 is 1.11 bits per heavy atom. The molecule has 5 heteroatoms. The van der Waals surface area contributed by atoms with Crippen LogP contribution in [-0.4, -0.2) is 37.6 Å². The number of aliphatic imine (C=N–C) groups is 1. The van der Waals surface area contributed by atoms with Gasteiger partial charge >= 0.3 is 0 Å². The highest BCUT2D eigenvalue weighted by atomic mass is 15.2. The van der Waals surface area contributed by atoms with Crippen molar-refractivity contribution in [2.45, 2.75) is 32.7 Å². The lowest BCUT2D eigenvalue weighted by Gasteiger charge is -2.32. The number of nitrogens with zero attached hydrogens (tertiary/aromatic N) is 3. The predicted molar refractivity (Wildman–Crippen MR) is 113 cm³/mol. The van der Waals surface area contributed by atoms with Crippen LogP contribution in [0.15, 0.2) is 53.7 Å². The van der Waals surface area contributed by atoms with Crippen LogP contribution in [0.2, 0.25) is 0 Å². The van der Waals surface area contributed by atoms with Crippen LogP contribution < -0.4 is 15.5 Å². The molecular formula is C22H31N5. The van der Waals surface area contributed by atoms with Gasteiger partial charge < -0.3 is 15.5 Å². The molecule has 0 spiro atoms. The second-order valence-electron chi connectivity index (χ2n) is 7.26. The fourth-order valence-corrected chi connectivity index (χ4v) is 3.35. The zero-order valence-corrected chi connectivity index (χ0v) is 16.5. The van der Waals surface area contributed by atoms with E-state index in [4.69, 9.17) is 0 Å². The van der Waals surface area contributed by atoms with Crippen LogP contribution in [0.3, 0.4) is 0 Å². The summed E-state index contributed by atoms with van der Waals surface area (Å²) in [5.74, 6) is 1.68. The zero-order valence-electron chi connectivity index (χ0n) is 16.5. The summed E-state index contributed by atoms with van der Waals surface area (Å²) in [6.07, 6.45) is 5.30. The number of aromatic nitrogens is 1. The zero-order chi connectivity index (χ0) is 18.9. The number of nitrogens with one attached hydrogen (secondary N) is 2. The van der Waals surface area contributed by atoms with Crippen LogP contribution in [0, 0.1) is 5.92 Å². The topological polar surface area (TPSA) is 52.6 Å². The van der Waals surface area contributed by atoms with Crippen molar-refractivity contribution in [3.8, 4) is 0 Å². The average molecular weight is 366 g/mol. The van der Waals surface area contributed by atoms with Crippen molar-refractivity contribution in [1.82, 2.24) is 15.6 Å². The smallest absolute Gasteiger partial charge is 0.191 e. The van der Waals surface area contributed by atoms with E-state index in [1.807, 2.05) is 24.4 Å². The Bertz CT molecular complexity index is 703. The number of pyridine rings is 1. The highest BCUT2D eigenvalue weighted by Crippen LogP contribution is 2.23. The highest BCUT2D eigenvalue weighted by Gasteiger charge is 2.15. The highest BCUT2D eigenvalue weighted by molar-refractivity contribution is 5.79. The molecule has 144 valence electrons. The Kier molecular flexibility index (Phi) is 7.08. The second-order valence-corrected chi connectivity index (χ2v) is 7.26. The average Bonchev–Trinajstić information content (AvgIpc) is 2.72. The number of benzene rings is 1. The van der Waals surface area contributed by atoms with E-state index in [0.717, 1.165) is 37.1 Å². The first-order valence-electron chi connectivity index (χ1n) is 9.93. The van der Waals surface area contributed by atoms with Crippen LogP contribution in [0.5, 0.6) is 0 Å². The Hall–Kier alpha value is -2.56. The molecule has 1 aromatic carbocycles. The Labute approximate surface area is 162 Å². The largest absolute Gasteiger partial charge is 0.372 e. The maximum absolute atomic E-state index is 4.34. The van der Waals surface area contributed by atoms with Crippen LogP contribution >= 0.6 is 0 Å². The summed E-state index contributed by atoms with van der Waals surface area (Å²) in [5.41, 5.74) is 3.68. The third kappa shape index (κ3) is 5.98. The Balaban J connectivity index is 1.42. The number of rotatable bonds is 6. The van der Waals surface area contributed by atoms with Gasteiger partial charge in [0.05, 0.1) is 0 Å². The minimum absolute atomic E-state index is 0.764. The molecule has 0 amide bonds. The summed E-state index contributed by atoms with van der Waals surface area (Å²) >= 11 is 0. The molecule has 1 aliphatic heterocycles. The minimum atomic E-state index is 0.764. The number of hydrogen-bond acceptors (Lipinski definition) is 3. The summed E-state index contributed by atoms with van der Waals surface area (Å²) in [6.45, 7) is 6.27. The molecule has 0 atom stereocenters. The maximum atomic E-state index is 4.34. The number of hydrogen-bond donors (Lipinski definition) is 2. The fourth-order valence-electron chi connectivity index (χ4n) is 3.35. The van der Waals surface area contributed by atoms with Crippen molar-refractivity contribution in [1.29, 1.82) is 0 Å². The molecule has 1 aliphatic rings. The quantitative estimate of drug-likeness (QED) is 0.610. The Morgan fingerprint density at radius 3 is 2.56 bits per heavy atom. The summed E-state index contributed by atoms with van der Waals surface area (Å²) in [7, 11) is 1.80. The van der Waals surface area contributed by atoms with E-state index < -0.39 is 0 Å². The first kappa shape index (κ1) is 19.2. The van der Waals surface area contributed by atoms with Crippen molar-refractivity contribution in [3.05, 3.63) is 59.9 Å². The monoisotopic (exact) mass is 365 g/mol. The second kappa shape index (κ2) is 9.95. The van der Waals surface area contributed by atoms with Gasteiger partial charge in [0.1, 0.15) is 0 Å². The van der Waals surface area contributed by atoms with E-state index in [1.54, 1.807) is 7.05 Å². The van der Waals surface area contributed by atoms with Crippen molar-refractivity contribution in [2.75, 3.05) is 31.6 Å². The van der Waals surface area contributed by atoms with E-state index in [1.165, 1.54) is 37.2 Å².